The topological polar surface area (TPSA) is 46.0 Å². The van der Waals surface area contributed by atoms with Gasteiger partial charge in [0.1, 0.15) is 5.82 Å². The molecule has 0 radical (unpaired) electrons. The second kappa shape index (κ2) is 7.96. The molecule has 1 saturated heterocycles. The van der Waals surface area contributed by atoms with Crippen molar-refractivity contribution in [2.24, 2.45) is 0 Å². The quantitative estimate of drug-likeness (QED) is 0.463. The van der Waals surface area contributed by atoms with Gasteiger partial charge in [-0.2, -0.15) is 0 Å². The lowest BCUT2D eigenvalue weighted by Crippen LogP contribution is -2.29. The van der Waals surface area contributed by atoms with Crippen LogP contribution in [0, 0.1) is 13.8 Å². The minimum atomic E-state index is -0.0633. The first-order chi connectivity index (χ1) is 15.1. The van der Waals surface area contributed by atoms with Crippen LogP contribution in [0.2, 0.25) is 0 Å². The molecule has 6 heteroatoms. The van der Waals surface area contributed by atoms with Crippen molar-refractivity contribution in [3.05, 3.63) is 108 Å². The SMILES string of the molecule is Cc1cc([C@@H]2[C@H](c3ccccn3)NC(=S)N2c2ccccc2)c(C)n1-c1ccccn1. The normalized spacial score (nSPS) is 18.3. The Labute approximate surface area is 187 Å². The molecular weight excluding hydrogens is 402 g/mol. The zero-order valence-electron chi connectivity index (χ0n) is 17.4. The predicted molar refractivity (Wildman–Crippen MR) is 127 cm³/mol. The van der Waals surface area contributed by atoms with Gasteiger partial charge in [-0.15, -0.1) is 0 Å². The fourth-order valence-corrected chi connectivity index (χ4v) is 4.81. The summed E-state index contributed by atoms with van der Waals surface area (Å²) in [7, 11) is 0. The van der Waals surface area contributed by atoms with Crippen molar-refractivity contribution >= 4 is 23.0 Å². The summed E-state index contributed by atoms with van der Waals surface area (Å²) in [5, 5.41) is 4.24. The fourth-order valence-electron chi connectivity index (χ4n) is 4.46. The maximum Gasteiger partial charge on any atom is 0.174 e. The van der Waals surface area contributed by atoms with Gasteiger partial charge >= 0.3 is 0 Å². The van der Waals surface area contributed by atoms with E-state index in [2.05, 4.69) is 62.9 Å². The van der Waals surface area contributed by atoms with Crippen LogP contribution in [0.3, 0.4) is 0 Å². The van der Waals surface area contributed by atoms with Crippen LogP contribution in [-0.4, -0.2) is 19.6 Å². The van der Waals surface area contributed by atoms with Crippen molar-refractivity contribution in [3.8, 4) is 5.82 Å². The molecule has 0 bridgehead atoms. The van der Waals surface area contributed by atoms with Crippen molar-refractivity contribution in [1.82, 2.24) is 19.9 Å². The predicted octanol–water partition coefficient (Wildman–Crippen LogP) is 5.06. The van der Waals surface area contributed by atoms with Crippen LogP contribution in [0.5, 0.6) is 0 Å². The van der Waals surface area contributed by atoms with E-state index in [1.165, 1.54) is 5.56 Å². The van der Waals surface area contributed by atoms with Crippen LogP contribution in [0.4, 0.5) is 5.69 Å². The highest BCUT2D eigenvalue weighted by molar-refractivity contribution is 7.80. The monoisotopic (exact) mass is 425 g/mol. The third-order valence-corrected chi connectivity index (χ3v) is 6.11. The summed E-state index contributed by atoms with van der Waals surface area (Å²) in [4.78, 5) is 11.4. The van der Waals surface area contributed by atoms with E-state index < -0.39 is 0 Å². The Morgan fingerprint density at radius 1 is 0.871 bits per heavy atom. The number of anilines is 1. The Morgan fingerprint density at radius 3 is 2.26 bits per heavy atom. The average molecular weight is 426 g/mol. The Morgan fingerprint density at radius 2 is 1.58 bits per heavy atom. The highest BCUT2D eigenvalue weighted by atomic mass is 32.1. The number of hydrogen-bond acceptors (Lipinski definition) is 3. The second-order valence-electron chi connectivity index (χ2n) is 7.68. The molecule has 31 heavy (non-hydrogen) atoms. The van der Waals surface area contributed by atoms with Gasteiger partial charge in [0.25, 0.3) is 0 Å². The molecule has 0 saturated carbocycles. The summed E-state index contributed by atoms with van der Waals surface area (Å²) in [5.74, 6) is 0.915. The Balaban J connectivity index is 1.68. The van der Waals surface area contributed by atoms with Crippen LogP contribution in [0.15, 0.2) is 85.2 Å². The molecule has 1 aromatic carbocycles. The number of nitrogens with zero attached hydrogens (tertiary/aromatic N) is 4. The Bertz CT molecular complexity index is 1200. The maximum absolute atomic E-state index is 5.82. The van der Waals surface area contributed by atoms with E-state index in [0.717, 1.165) is 28.6 Å². The van der Waals surface area contributed by atoms with E-state index in [1.807, 2.05) is 60.9 Å². The lowest BCUT2D eigenvalue weighted by Gasteiger charge is -2.28. The largest absolute Gasteiger partial charge is 0.351 e. The van der Waals surface area contributed by atoms with E-state index in [9.17, 15) is 0 Å². The number of aromatic nitrogens is 3. The van der Waals surface area contributed by atoms with Crippen LogP contribution < -0.4 is 10.2 Å². The van der Waals surface area contributed by atoms with Gasteiger partial charge in [0.05, 0.1) is 17.8 Å². The number of pyridine rings is 2. The van der Waals surface area contributed by atoms with Crippen LogP contribution in [0.25, 0.3) is 5.82 Å². The third-order valence-electron chi connectivity index (χ3n) is 5.80. The highest BCUT2D eigenvalue weighted by Gasteiger charge is 2.42. The van der Waals surface area contributed by atoms with Crippen molar-refractivity contribution in [2.45, 2.75) is 25.9 Å². The smallest absolute Gasteiger partial charge is 0.174 e. The molecular formula is C25H23N5S. The molecule has 3 aromatic heterocycles. The summed E-state index contributed by atoms with van der Waals surface area (Å²) in [6, 6.07) is 24.4. The van der Waals surface area contributed by atoms with Crippen molar-refractivity contribution in [1.29, 1.82) is 0 Å². The molecule has 0 unspecified atom stereocenters. The van der Waals surface area contributed by atoms with E-state index in [1.54, 1.807) is 0 Å². The van der Waals surface area contributed by atoms with Gasteiger partial charge in [-0.1, -0.05) is 30.3 Å². The molecule has 5 nitrogen and oxygen atoms in total. The van der Waals surface area contributed by atoms with Gasteiger partial charge in [-0.25, -0.2) is 4.98 Å². The zero-order chi connectivity index (χ0) is 21.4. The van der Waals surface area contributed by atoms with Gasteiger partial charge < -0.3 is 14.8 Å². The summed E-state index contributed by atoms with van der Waals surface area (Å²) in [5.41, 5.74) is 5.52. The summed E-state index contributed by atoms with van der Waals surface area (Å²) in [6.45, 7) is 4.27. The zero-order valence-corrected chi connectivity index (χ0v) is 18.3. The highest BCUT2D eigenvalue weighted by Crippen LogP contribution is 2.43. The van der Waals surface area contributed by atoms with E-state index >= 15 is 0 Å². The molecule has 1 aliphatic rings. The number of nitrogens with one attached hydrogen (secondary N) is 1. The molecule has 0 aliphatic carbocycles. The number of rotatable bonds is 4. The number of para-hydroxylation sites is 1. The number of aryl methyl sites for hydroxylation is 1. The molecule has 1 aliphatic heterocycles. The molecule has 5 rings (SSSR count). The number of hydrogen-bond donors (Lipinski definition) is 1. The summed E-state index contributed by atoms with van der Waals surface area (Å²) >= 11 is 5.82. The van der Waals surface area contributed by atoms with Crippen LogP contribution in [0.1, 0.15) is 34.7 Å². The molecule has 154 valence electrons. The number of thiocarbonyl (C=S) groups is 1. The van der Waals surface area contributed by atoms with Gasteiger partial charge in [-0.3, -0.25) is 4.98 Å². The first-order valence-electron chi connectivity index (χ1n) is 10.3. The molecule has 0 spiro atoms. The van der Waals surface area contributed by atoms with E-state index in [-0.39, 0.29) is 12.1 Å². The van der Waals surface area contributed by atoms with Crippen molar-refractivity contribution in [3.63, 3.8) is 0 Å². The fraction of sp³-hybridized carbons (Fsp3) is 0.160. The average Bonchev–Trinajstić information content (AvgIpc) is 3.30. The first-order valence-corrected chi connectivity index (χ1v) is 10.7. The summed E-state index contributed by atoms with van der Waals surface area (Å²) in [6.07, 6.45) is 3.66. The Kier molecular flexibility index (Phi) is 5.00. The lowest BCUT2D eigenvalue weighted by atomic mass is 9.96. The first kappa shape index (κ1) is 19.5. The van der Waals surface area contributed by atoms with Crippen LogP contribution >= 0.6 is 12.2 Å². The maximum atomic E-state index is 5.82. The van der Waals surface area contributed by atoms with Crippen molar-refractivity contribution in [2.75, 3.05) is 4.90 Å². The molecule has 0 amide bonds. The van der Waals surface area contributed by atoms with Gasteiger partial charge in [0.15, 0.2) is 5.11 Å². The third kappa shape index (κ3) is 3.39. The standard InChI is InChI=1S/C25H23N5S/c1-17-16-20(18(2)29(17)22-13-7-9-15-27-22)24-23(21-12-6-8-14-26-21)28-25(31)30(24)19-10-4-3-5-11-19/h3-16,23-24H,1-2H3,(H,28,31)/t23-,24+/m0/s1. The van der Waals surface area contributed by atoms with Crippen molar-refractivity contribution < 1.29 is 0 Å². The minimum absolute atomic E-state index is 0.0338. The molecule has 2 atom stereocenters. The second-order valence-corrected chi connectivity index (χ2v) is 8.07. The Hall–Kier alpha value is -3.51. The lowest BCUT2D eigenvalue weighted by molar-refractivity contribution is 0.565. The van der Waals surface area contributed by atoms with Crippen LogP contribution in [-0.2, 0) is 0 Å². The van der Waals surface area contributed by atoms with Gasteiger partial charge in [0.2, 0.25) is 0 Å². The van der Waals surface area contributed by atoms with E-state index in [0.29, 0.717) is 5.11 Å². The molecule has 1 fully saturated rings. The molecule has 1 N–H and O–H groups in total. The number of benzene rings is 1. The molecule has 4 aromatic rings. The minimum Gasteiger partial charge on any atom is -0.351 e. The van der Waals surface area contributed by atoms with Gasteiger partial charge in [0, 0.05) is 29.5 Å². The molecule has 4 heterocycles. The summed E-state index contributed by atoms with van der Waals surface area (Å²) < 4.78 is 2.20. The van der Waals surface area contributed by atoms with E-state index in [4.69, 9.17) is 12.2 Å². The van der Waals surface area contributed by atoms with Gasteiger partial charge in [-0.05, 0) is 74.1 Å².